The van der Waals surface area contributed by atoms with Crippen molar-refractivity contribution in [1.82, 2.24) is 5.32 Å². The zero-order valence-corrected chi connectivity index (χ0v) is 13.0. The largest absolute Gasteiger partial charge is 0.312 e. The molecule has 1 atom stereocenters. The first-order valence-electron chi connectivity index (χ1n) is 6.42. The van der Waals surface area contributed by atoms with E-state index in [0.717, 1.165) is 12.1 Å². The number of hydrogen-bond acceptors (Lipinski definition) is 4. The third-order valence-electron chi connectivity index (χ3n) is 3.18. The Morgan fingerprint density at radius 2 is 2.32 bits per heavy atom. The van der Waals surface area contributed by atoms with Crippen molar-refractivity contribution in [3.8, 4) is 0 Å². The van der Waals surface area contributed by atoms with Crippen LogP contribution in [0.4, 0.5) is 5.69 Å². The van der Waals surface area contributed by atoms with E-state index >= 15 is 0 Å². The fraction of sp³-hybridized carbons (Fsp3) is 0.538. The number of halogens is 1. The van der Waals surface area contributed by atoms with E-state index in [4.69, 9.17) is 0 Å². The van der Waals surface area contributed by atoms with Crippen LogP contribution in [-0.2, 0) is 6.54 Å². The van der Waals surface area contributed by atoms with Gasteiger partial charge in [-0.2, -0.15) is 11.8 Å². The smallest absolute Gasteiger partial charge is 0.283 e. The second kappa shape index (κ2) is 7.26. The van der Waals surface area contributed by atoms with Gasteiger partial charge in [-0.25, -0.2) is 0 Å². The first-order chi connectivity index (χ1) is 9.16. The zero-order valence-electron chi connectivity index (χ0n) is 10.6. The molecule has 0 spiro atoms. The van der Waals surface area contributed by atoms with Gasteiger partial charge < -0.3 is 5.32 Å². The van der Waals surface area contributed by atoms with Gasteiger partial charge in [-0.1, -0.05) is 12.5 Å². The van der Waals surface area contributed by atoms with E-state index in [1.807, 2.05) is 17.8 Å². The molecule has 0 amide bonds. The van der Waals surface area contributed by atoms with Crippen LogP contribution in [0, 0.1) is 10.1 Å². The van der Waals surface area contributed by atoms with Gasteiger partial charge in [0.15, 0.2) is 0 Å². The van der Waals surface area contributed by atoms with Crippen LogP contribution < -0.4 is 5.32 Å². The molecule has 0 radical (unpaired) electrons. The Morgan fingerprint density at radius 3 is 3.00 bits per heavy atom. The second-order valence-corrected chi connectivity index (χ2v) is 6.92. The molecule has 1 fully saturated rings. The predicted octanol–water partition coefficient (Wildman–Crippen LogP) is 3.73. The summed E-state index contributed by atoms with van der Waals surface area (Å²) in [5.41, 5.74) is 1.09. The highest BCUT2D eigenvalue weighted by Crippen LogP contribution is 2.26. The van der Waals surface area contributed by atoms with Crippen molar-refractivity contribution >= 4 is 33.4 Å². The van der Waals surface area contributed by atoms with Crippen molar-refractivity contribution in [2.45, 2.75) is 31.1 Å². The fourth-order valence-electron chi connectivity index (χ4n) is 2.15. The monoisotopic (exact) mass is 344 g/mol. The van der Waals surface area contributed by atoms with Gasteiger partial charge in [-0.3, -0.25) is 10.1 Å². The average Bonchev–Trinajstić information content (AvgIpc) is 2.41. The molecule has 1 N–H and O–H groups in total. The van der Waals surface area contributed by atoms with Crippen molar-refractivity contribution in [1.29, 1.82) is 0 Å². The van der Waals surface area contributed by atoms with Crippen LogP contribution in [0.1, 0.15) is 24.8 Å². The van der Waals surface area contributed by atoms with Crippen molar-refractivity contribution in [3.63, 3.8) is 0 Å². The van der Waals surface area contributed by atoms with Gasteiger partial charge in [0.1, 0.15) is 0 Å². The SMILES string of the molecule is O=[N+]([O-])c1cc(CNCC2CCCCS2)ccc1Br. The summed E-state index contributed by atoms with van der Waals surface area (Å²) in [4.78, 5) is 10.5. The third-order valence-corrected chi connectivity index (χ3v) is 5.25. The molecule has 1 aromatic rings. The predicted molar refractivity (Wildman–Crippen MR) is 82.6 cm³/mol. The highest BCUT2D eigenvalue weighted by molar-refractivity contribution is 9.10. The molecule has 4 nitrogen and oxygen atoms in total. The van der Waals surface area contributed by atoms with Crippen LogP contribution in [0.25, 0.3) is 0 Å². The molecule has 1 aliphatic rings. The van der Waals surface area contributed by atoms with Gasteiger partial charge in [0.2, 0.25) is 0 Å². The Hall–Kier alpha value is -0.590. The van der Waals surface area contributed by atoms with Crippen LogP contribution in [0.3, 0.4) is 0 Å². The third kappa shape index (κ3) is 4.47. The first kappa shape index (κ1) is 14.8. The number of nitrogens with one attached hydrogen (secondary N) is 1. The summed E-state index contributed by atoms with van der Waals surface area (Å²) in [6, 6.07) is 5.29. The maximum Gasteiger partial charge on any atom is 0.283 e. The summed E-state index contributed by atoms with van der Waals surface area (Å²) in [6.07, 6.45) is 3.93. The van der Waals surface area contributed by atoms with Crippen LogP contribution in [0.15, 0.2) is 22.7 Å². The highest BCUT2D eigenvalue weighted by Gasteiger charge is 2.14. The molecule has 1 aromatic carbocycles. The lowest BCUT2D eigenvalue weighted by atomic mass is 10.1. The molecule has 19 heavy (non-hydrogen) atoms. The summed E-state index contributed by atoms with van der Waals surface area (Å²) < 4.78 is 0.532. The normalized spacial score (nSPS) is 19.3. The Balaban J connectivity index is 1.85. The summed E-state index contributed by atoms with van der Waals surface area (Å²) in [6.45, 7) is 1.67. The van der Waals surface area contributed by atoms with Crippen molar-refractivity contribution < 1.29 is 4.92 Å². The Kier molecular flexibility index (Phi) is 5.66. The molecule has 0 aliphatic carbocycles. The van der Waals surface area contributed by atoms with E-state index in [1.54, 1.807) is 12.1 Å². The minimum Gasteiger partial charge on any atom is -0.312 e. The van der Waals surface area contributed by atoms with Crippen LogP contribution in [0.5, 0.6) is 0 Å². The molecular weight excluding hydrogens is 328 g/mol. The molecule has 6 heteroatoms. The van der Waals surface area contributed by atoms with Gasteiger partial charge in [0, 0.05) is 24.4 Å². The van der Waals surface area contributed by atoms with Crippen molar-refractivity contribution in [3.05, 3.63) is 38.3 Å². The molecule has 2 rings (SSSR count). The molecule has 1 aliphatic heterocycles. The number of nitro groups is 1. The summed E-state index contributed by atoms with van der Waals surface area (Å²) in [7, 11) is 0. The van der Waals surface area contributed by atoms with E-state index in [9.17, 15) is 10.1 Å². The standard InChI is InChI=1S/C13H17BrN2O2S/c14-12-5-4-10(7-13(12)16(17)18)8-15-9-11-3-1-2-6-19-11/h4-5,7,11,15H,1-3,6,8-9H2. The molecule has 1 saturated heterocycles. The minimum atomic E-state index is -0.357. The van der Waals surface area contributed by atoms with E-state index in [1.165, 1.54) is 25.0 Å². The van der Waals surface area contributed by atoms with E-state index in [0.29, 0.717) is 16.3 Å². The fourth-order valence-corrected chi connectivity index (χ4v) is 3.82. The first-order valence-corrected chi connectivity index (χ1v) is 8.26. The van der Waals surface area contributed by atoms with Crippen molar-refractivity contribution in [2.24, 2.45) is 0 Å². The Morgan fingerprint density at radius 1 is 1.47 bits per heavy atom. The lowest BCUT2D eigenvalue weighted by molar-refractivity contribution is -0.385. The van der Waals surface area contributed by atoms with Gasteiger partial charge in [-0.05, 0) is 46.2 Å². The molecule has 0 saturated carbocycles. The van der Waals surface area contributed by atoms with Gasteiger partial charge in [-0.15, -0.1) is 0 Å². The number of nitrogens with zero attached hydrogens (tertiary/aromatic N) is 1. The topological polar surface area (TPSA) is 55.2 Å². The number of hydrogen-bond donors (Lipinski definition) is 1. The minimum absolute atomic E-state index is 0.131. The molecule has 0 bridgehead atoms. The Labute approximate surface area is 125 Å². The number of thioether (sulfide) groups is 1. The molecule has 0 aromatic heterocycles. The van der Waals surface area contributed by atoms with Crippen LogP contribution in [-0.4, -0.2) is 22.5 Å². The van der Waals surface area contributed by atoms with E-state index < -0.39 is 0 Å². The molecular formula is C13H17BrN2O2S. The number of benzene rings is 1. The Bertz CT molecular complexity index is 450. The van der Waals surface area contributed by atoms with Gasteiger partial charge in [0.05, 0.1) is 9.40 Å². The average molecular weight is 345 g/mol. The quantitative estimate of drug-likeness (QED) is 0.653. The maximum absolute atomic E-state index is 10.8. The van der Waals surface area contributed by atoms with Crippen molar-refractivity contribution in [2.75, 3.05) is 12.3 Å². The van der Waals surface area contributed by atoms with E-state index in [2.05, 4.69) is 21.2 Å². The zero-order chi connectivity index (χ0) is 13.7. The summed E-state index contributed by atoms with van der Waals surface area (Å²) >= 11 is 5.23. The van der Waals surface area contributed by atoms with E-state index in [-0.39, 0.29) is 10.6 Å². The van der Waals surface area contributed by atoms with Gasteiger partial charge >= 0.3 is 0 Å². The second-order valence-electron chi connectivity index (χ2n) is 4.66. The summed E-state index contributed by atoms with van der Waals surface area (Å²) in [5.74, 6) is 1.26. The summed E-state index contributed by atoms with van der Waals surface area (Å²) in [5, 5.41) is 14.9. The lowest BCUT2D eigenvalue weighted by Crippen LogP contribution is -2.26. The van der Waals surface area contributed by atoms with Gasteiger partial charge in [0.25, 0.3) is 5.69 Å². The lowest BCUT2D eigenvalue weighted by Gasteiger charge is -2.21. The van der Waals surface area contributed by atoms with Crippen LogP contribution in [0.2, 0.25) is 0 Å². The molecule has 1 unspecified atom stereocenters. The molecule has 104 valence electrons. The number of nitro benzene ring substituents is 1. The molecule has 1 heterocycles. The maximum atomic E-state index is 10.8. The van der Waals surface area contributed by atoms with Crippen LogP contribution >= 0.6 is 27.7 Å². The highest BCUT2D eigenvalue weighted by atomic mass is 79.9. The number of rotatable bonds is 5.